The number of aliphatic carboxylic acids is 1. The summed E-state index contributed by atoms with van der Waals surface area (Å²) < 4.78 is 30.8. The Kier molecular flexibility index (Phi) is 7.48. The first-order valence-corrected chi connectivity index (χ1v) is 20.7. The van der Waals surface area contributed by atoms with Crippen LogP contribution in [0.5, 0.6) is 28.7 Å². The van der Waals surface area contributed by atoms with Gasteiger partial charge in [0.1, 0.15) is 23.9 Å². The lowest BCUT2D eigenvalue weighted by Crippen LogP contribution is -2.67. The molecule has 16 heteroatoms. The molecule has 2 unspecified atom stereocenters. The molecule has 59 heavy (non-hydrogen) atoms. The number of thioether (sulfide) groups is 1. The van der Waals surface area contributed by atoms with Crippen molar-refractivity contribution in [3.05, 3.63) is 75.0 Å². The number of ether oxygens (including phenoxy) is 5. The molecule has 0 amide bonds. The van der Waals surface area contributed by atoms with E-state index in [1.165, 1.54) is 25.8 Å². The minimum atomic E-state index is -1.67. The molecule has 4 aromatic rings. The molecule has 8 aliphatic rings. The van der Waals surface area contributed by atoms with E-state index in [2.05, 4.69) is 39.2 Å². The number of hydrogen-bond acceptors (Lipinski definition) is 14. The number of carbonyl (C=O) groups excluding carboxylic acids is 2. The third kappa shape index (κ3) is 4.45. The Labute approximate surface area is 342 Å². The van der Waals surface area contributed by atoms with Crippen molar-refractivity contribution >= 4 is 40.6 Å². The van der Waals surface area contributed by atoms with Crippen molar-refractivity contribution in [1.29, 1.82) is 5.26 Å². The molecule has 8 aliphatic heterocycles. The Bertz CT molecular complexity index is 2660. The van der Waals surface area contributed by atoms with Crippen molar-refractivity contribution in [2.45, 2.75) is 86.6 Å². The van der Waals surface area contributed by atoms with Gasteiger partial charge in [0.15, 0.2) is 28.5 Å². The third-order valence-electron chi connectivity index (χ3n) is 14.1. The molecular formula is C43H41N5O10S. The Morgan fingerprint density at radius 3 is 2.63 bits per heavy atom. The SMILES string of the molecule is COc1c(C)cc2c(c1O)C1[C@@H]3[C@@H]4SC[C@]5(N[C@H](C(=O)O)Cc6c5[nH]c5ccccc65)C(=O)OC[C@@H](c5c6c(c(C)c(OC(C)=O)c54)OCO6)N3[C@]3(C#N)CN1C2(C)C3. The second kappa shape index (κ2) is 12.1. The number of para-hydroxylation sites is 1. The number of carboxylic acid groups (broad SMARTS) is 1. The molecule has 4 bridgehead atoms. The molecule has 0 saturated carbocycles. The lowest BCUT2D eigenvalue weighted by atomic mass is 9.72. The van der Waals surface area contributed by atoms with Crippen LogP contribution in [0.15, 0.2) is 30.3 Å². The predicted molar refractivity (Wildman–Crippen MR) is 211 cm³/mol. The maximum atomic E-state index is 15.1. The Hall–Kier alpha value is -5.47. The van der Waals surface area contributed by atoms with Crippen LogP contribution in [-0.4, -0.2) is 93.3 Å². The number of phenols is 1. The number of esters is 2. The standard InChI is InChI=1S/C43H41N5O10S/c1-18-10-23-27(32(50)33(18)54-5)30-31-37-29-28(36-35(56-17-57-36)19(2)34(29)58-20(3)49)26(48(31)42(14-44)13-41(23,4)47(30)15-42)12-55-40(53)43(16-59-37)38-22(11-25(46-43)39(51)52)21-8-6-7-9-24(21)45-38/h6-10,25-26,30-31,37,45-46,50H,11-13,15-17H2,1-5H3,(H,51,52)/t25-,26-,30?,31+,37+,41?,42+,43+/m0/s1. The highest BCUT2D eigenvalue weighted by Crippen LogP contribution is 2.71. The van der Waals surface area contributed by atoms with Crippen LogP contribution in [0.3, 0.4) is 0 Å². The van der Waals surface area contributed by atoms with E-state index >= 15 is 4.79 Å². The first kappa shape index (κ1) is 36.6. The number of carboxylic acids is 1. The van der Waals surface area contributed by atoms with Crippen LogP contribution in [0, 0.1) is 25.2 Å². The van der Waals surface area contributed by atoms with Crippen molar-refractivity contribution in [3.63, 3.8) is 0 Å². The van der Waals surface area contributed by atoms with Gasteiger partial charge in [-0.1, -0.05) is 18.2 Å². The number of nitrogens with one attached hydrogen (secondary N) is 2. The first-order chi connectivity index (χ1) is 28.3. The van der Waals surface area contributed by atoms with E-state index in [0.29, 0.717) is 63.7 Å². The number of aromatic nitrogens is 1. The number of methoxy groups -OCH3 is 1. The summed E-state index contributed by atoms with van der Waals surface area (Å²) in [5.74, 6) is -0.841. The van der Waals surface area contributed by atoms with E-state index in [0.717, 1.165) is 22.0 Å². The van der Waals surface area contributed by atoms with Crippen LogP contribution in [0.25, 0.3) is 10.9 Å². The second-order valence-electron chi connectivity index (χ2n) is 17.1. The van der Waals surface area contributed by atoms with Gasteiger partial charge in [-0.15, -0.1) is 11.8 Å². The van der Waals surface area contributed by atoms with Crippen molar-refractivity contribution < 1.29 is 48.3 Å². The minimum absolute atomic E-state index is 0.0247. The van der Waals surface area contributed by atoms with E-state index in [1.807, 2.05) is 38.1 Å². The van der Waals surface area contributed by atoms with E-state index in [9.17, 15) is 25.1 Å². The largest absolute Gasteiger partial charge is 0.504 e. The predicted octanol–water partition coefficient (Wildman–Crippen LogP) is 4.66. The number of aromatic hydroxyl groups is 1. The second-order valence-corrected chi connectivity index (χ2v) is 18.2. The van der Waals surface area contributed by atoms with Gasteiger partial charge in [0.05, 0.1) is 36.2 Å². The van der Waals surface area contributed by atoms with Gasteiger partial charge in [-0.2, -0.15) is 5.26 Å². The van der Waals surface area contributed by atoms with Crippen molar-refractivity contribution in [1.82, 2.24) is 20.1 Å². The molecule has 15 nitrogen and oxygen atoms in total. The van der Waals surface area contributed by atoms with Crippen LogP contribution in [0.1, 0.15) is 82.2 Å². The topological polar surface area (TPSA) is 196 Å². The number of aromatic amines is 1. The minimum Gasteiger partial charge on any atom is -0.504 e. The molecule has 4 N–H and O–H groups in total. The Morgan fingerprint density at radius 2 is 1.88 bits per heavy atom. The molecule has 1 spiro atoms. The van der Waals surface area contributed by atoms with Crippen LogP contribution >= 0.6 is 11.8 Å². The van der Waals surface area contributed by atoms with E-state index in [4.69, 9.17) is 23.7 Å². The number of fused-ring (bicyclic) bond motifs is 11. The zero-order valence-corrected chi connectivity index (χ0v) is 33.7. The fraction of sp³-hybridized carbons (Fsp3) is 0.442. The van der Waals surface area contributed by atoms with Gasteiger partial charge in [0.2, 0.25) is 6.79 Å². The van der Waals surface area contributed by atoms with Gasteiger partial charge in [0.25, 0.3) is 0 Å². The van der Waals surface area contributed by atoms with Gasteiger partial charge >= 0.3 is 17.9 Å². The molecule has 304 valence electrons. The van der Waals surface area contributed by atoms with E-state index < -0.39 is 63.9 Å². The molecular weight excluding hydrogens is 779 g/mol. The van der Waals surface area contributed by atoms with Gasteiger partial charge in [0, 0.05) is 76.8 Å². The summed E-state index contributed by atoms with van der Waals surface area (Å²) in [6.45, 7) is 7.13. The number of hydrogen-bond donors (Lipinski definition) is 4. The van der Waals surface area contributed by atoms with E-state index in [-0.39, 0.29) is 37.1 Å². The normalized spacial score (nSPS) is 32.2. The number of nitriles is 1. The zero-order chi connectivity index (χ0) is 41.1. The van der Waals surface area contributed by atoms with Crippen LogP contribution in [-0.2, 0) is 36.6 Å². The molecule has 1 aromatic heterocycles. The highest BCUT2D eigenvalue weighted by molar-refractivity contribution is 7.99. The van der Waals surface area contributed by atoms with Crippen LogP contribution in [0.2, 0.25) is 0 Å². The van der Waals surface area contributed by atoms with Crippen molar-refractivity contribution in [2.24, 2.45) is 0 Å². The Balaban J connectivity index is 1.21. The van der Waals surface area contributed by atoms with Gasteiger partial charge < -0.3 is 38.9 Å². The number of benzene rings is 3. The van der Waals surface area contributed by atoms with Crippen LogP contribution in [0.4, 0.5) is 0 Å². The van der Waals surface area contributed by atoms with Crippen LogP contribution < -0.4 is 24.3 Å². The fourth-order valence-electron chi connectivity index (χ4n) is 11.9. The molecule has 9 heterocycles. The highest BCUT2D eigenvalue weighted by Gasteiger charge is 2.72. The van der Waals surface area contributed by atoms with Crippen molar-refractivity contribution in [2.75, 3.05) is 32.8 Å². The summed E-state index contributed by atoms with van der Waals surface area (Å²) in [5, 5.41) is 37.6. The number of carbonyl (C=O) groups is 3. The molecule has 0 radical (unpaired) electrons. The van der Waals surface area contributed by atoms with E-state index in [1.54, 1.807) is 0 Å². The van der Waals surface area contributed by atoms with Crippen molar-refractivity contribution in [3.8, 4) is 34.8 Å². The number of piperazine rings is 1. The lowest BCUT2D eigenvalue weighted by molar-refractivity contribution is -0.158. The third-order valence-corrected chi connectivity index (χ3v) is 15.6. The smallest absolute Gasteiger partial charge is 0.333 e. The number of phenolic OH excluding ortho intramolecular Hbond substituents is 1. The highest BCUT2D eigenvalue weighted by atomic mass is 32.2. The molecule has 3 fully saturated rings. The molecule has 12 rings (SSSR count). The molecule has 3 aromatic carbocycles. The summed E-state index contributed by atoms with van der Waals surface area (Å²) in [5.41, 5.74) is 2.72. The number of rotatable bonds is 3. The number of nitrogens with zero attached hydrogens (tertiary/aromatic N) is 3. The quantitative estimate of drug-likeness (QED) is 0.165. The summed E-state index contributed by atoms with van der Waals surface area (Å²) in [4.78, 5) is 49.0. The van der Waals surface area contributed by atoms with Gasteiger partial charge in [-0.25, -0.2) is 4.79 Å². The van der Waals surface area contributed by atoms with Gasteiger partial charge in [-0.05, 0) is 49.6 Å². The average molecular weight is 820 g/mol. The summed E-state index contributed by atoms with van der Waals surface area (Å²) >= 11 is 1.39. The lowest BCUT2D eigenvalue weighted by Gasteiger charge is -2.58. The summed E-state index contributed by atoms with van der Waals surface area (Å²) in [6, 6.07) is 9.30. The molecule has 8 atom stereocenters. The first-order valence-electron chi connectivity index (χ1n) is 19.7. The average Bonchev–Trinajstić information content (AvgIpc) is 3.96. The monoisotopic (exact) mass is 819 g/mol. The number of aryl methyl sites for hydroxylation is 1. The summed E-state index contributed by atoms with van der Waals surface area (Å²) in [6.07, 6.45) is 0.516. The molecule has 0 aliphatic carbocycles. The zero-order valence-electron chi connectivity index (χ0n) is 32.9. The fourth-order valence-corrected chi connectivity index (χ4v) is 13.6. The number of H-pyrrole nitrogens is 1. The molecule has 3 saturated heterocycles. The maximum absolute atomic E-state index is 15.1. The summed E-state index contributed by atoms with van der Waals surface area (Å²) in [7, 11) is 1.53. The van der Waals surface area contributed by atoms with Gasteiger partial charge in [-0.3, -0.25) is 24.7 Å². The Morgan fingerprint density at radius 1 is 1.10 bits per heavy atom. The maximum Gasteiger partial charge on any atom is 0.333 e.